The Morgan fingerprint density at radius 2 is 1.61 bits per heavy atom. The fraction of sp³-hybridized carbons (Fsp3) is 0.321. The summed E-state index contributed by atoms with van der Waals surface area (Å²) in [6, 6.07) is 26.3. The number of rotatable bonds is 8. The number of nitrogens with zero attached hydrogens (tertiary/aromatic N) is 1. The highest BCUT2D eigenvalue weighted by Crippen LogP contribution is 2.46. The summed E-state index contributed by atoms with van der Waals surface area (Å²) in [6.45, 7) is 4.62. The molecule has 33 heavy (non-hydrogen) atoms. The minimum absolute atomic E-state index is 0.0290. The number of ether oxygens (including phenoxy) is 3. The van der Waals surface area contributed by atoms with E-state index in [2.05, 4.69) is 17.0 Å². The van der Waals surface area contributed by atoms with E-state index < -0.39 is 5.41 Å². The maximum absolute atomic E-state index is 12.9. The maximum atomic E-state index is 12.9. The number of benzene rings is 3. The molecule has 5 heteroatoms. The lowest BCUT2D eigenvalue weighted by Crippen LogP contribution is -2.36. The van der Waals surface area contributed by atoms with Crippen LogP contribution in [0.2, 0.25) is 0 Å². The minimum Gasteiger partial charge on any atom is -0.493 e. The fourth-order valence-electron chi connectivity index (χ4n) is 4.73. The first kappa shape index (κ1) is 22.9. The molecule has 0 amide bonds. The van der Waals surface area contributed by atoms with Gasteiger partial charge in [-0.25, -0.2) is 0 Å². The number of carbonyl (C=O) groups excluding carboxylic acids is 1. The number of esters is 1. The summed E-state index contributed by atoms with van der Waals surface area (Å²) in [5.74, 6) is 1.13. The van der Waals surface area contributed by atoms with Crippen LogP contribution in [0.3, 0.4) is 0 Å². The average Bonchev–Trinajstić information content (AvgIpc) is 3.20. The number of methoxy groups -OCH3 is 2. The topological polar surface area (TPSA) is 48.0 Å². The normalized spacial score (nSPS) is 20.4. The average molecular weight is 446 g/mol. The summed E-state index contributed by atoms with van der Waals surface area (Å²) in [5.41, 5.74) is 2.70. The van der Waals surface area contributed by atoms with Gasteiger partial charge in [0, 0.05) is 25.6 Å². The molecule has 3 aromatic carbocycles. The highest BCUT2D eigenvalue weighted by Gasteiger charge is 2.50. The van der Waals surface area contributed by atoms with Crippen molar-refractivity contribution in [2.45, 2.75) is 26.0 Å². The lowest BCUT2D eigenvalue weighted by atomic mass is 9.76. The van der Waals surface area contributed by atoms with Crippen molar-refractivity contribution in [3.8, 4) is 11.5 Å². The molecule has 1 fully saturated rings. The minimum atomic E-state index is -0.658. The summed E-state index contributed by atoms with van der Waals surface area (Å²) in [5, 5.41) is 0. The third kappa shape index (κ3) is 5.04. The molecule has 0 aliphatic carbocycles. The van der Waals surface area contributed by atoms with Crippen molar-refractivity contribution in [1.29, 1.82) is 0 Å². The molecule has 0 bridgehead atoms. The van der Waals surface area contributed by atoms with Gasteiger partial charge in [0.1, 0.15) is 6.61 Å². The SMILES string of the molecule is COC(=O)[C@]1(C)CN(Cc2ccccc2)C[C@@H]1c1ccc(OC)c(OCc2ccccc2)c1. The van der Waals surface area contributed by atoms with Crippen molar-refractivity contribution in [1.82, 2.24) is 4.90 Å². The number of hydrogen-bond acceptors (Lipinski definition) is 5. The van der Waals surface area contributed by atoms with Gasteiger partial charge >= 0.3 is 5.97 Å². The molecule has 1 aliphatic rings. The first-order valence-corrected chi connectivity index (χ1v) is 11.2. The van der Waals surface area contributed by atoms with E-state index in [-0.39, 0.29) is 11.9 Å². The molecule has 0 N–H and O–H groups in total. The van der Waals surface area contributed by atoms with Gasteiger partial charge in [-0.05, 0) is 35.7 Å². The summed E-state index contributed by atoms with van der Waals surface area (Å²) in [4.78, 5) is 15.3. The lowest BCUT2D eigenvalue weighted by molar-refractivity contribution is -0.151. The van der Waals surface area contributed by atoms with E-state index in [1.54, 1.807) is 7.11 Å². The molecule has 0 spiro atoms. The highest BCUT2D eigenvalue weighted by molar-refractivity contribution is 5.78. The van der Waals surface area contributed by atoms with Crippen molar-refractivity contribution in [3.63, 3.8) is 0 Å². The van der Waals surface area contributed by atoms with Crippen LogP contribution >= 0.6 is 0 Å². The second-order valence-corrected chi connectivity index (χ2v) is 8.80. The zero-order chi connectivity index (χ0) is 23.3. The van der Waals surface area contributed by atoms with Crippen LogP contribution in [0, 0.1) is 5.41 Å². The van der Waals surface area contributed by atoms with Crippen LogP contribution in [-0.2, 0) is 22.7 Å². The Labute approximate surface area is 195 Å². The summed E-state index contributed by atoms with van der Waals surface area (Å²) >= 11 is 0. The molecule has 0 aromatic heterocycles. The molecule has 4 rings (SSSR count). The Hall–Kier alpha value is -3.31. The predicted molar refractivity (Wildman–Crippen MR) is 128 cm³/mol. The lowest BCUT2D eigenvalue weighted by Gasteiger charge is -2.28. The number of carbonyl (C=O) groups is 1. The first-order chi connectivity index (χ1) is 16.0. The van der Waals surface area contributed by atoms with Gasteiger partial charge in [0.2, 0.25) is 0 Å². The van der Waals surface area contributed by atoms with Gasteiger partial charge in [-0.15, -0.1) is 0 Å². The second kappa shape index (κ2) is 10.1. The molecule has 1 saturated heterocycles. The van der Waals surface area contributed by atoms with Gasteiger partial charge < -0.3 is 14.2 Å². The zero-order valence-corrected chi connectivity index (χ0v) is 19.5. The number of likely N-dealkylation sites (tertiary alicyclic amines) is 1. The molecule has 5 nitrogen and oxygen atoms in total. The van der Waals surface area contributed by atoms with Gasteiger partial charge in [0.05, 0.1) is 19.6 Å². The Bertz CT molecular complexity index is 1070. The summed E-state index contributed by atoms with van der Waals surface area (Å²) < 4.78 is 16.9. The van der Waals surface area contributed by atoms with Gasteiger partial charge in [0.25, 0.3) is 0 Å². The Morgan fingerprint density at radius 3 is 2.24 bits per heavy atom. The van der Waals surface area contributed by atoms with E-state index in [0.29, 0.717) is 24.7 Å². The second-order valence-electron chi connectivity index (χ2n) is 8.80. The molecule has 0 unspecified atom stereocenters. The van der Waals surface area contributed by atoms with Crippen molar-refractivity contribution in [2.75, 3.05) is 27.3 Å². The van der Waals surface area contributed by atoms with Crippen LogP contribution in [-0.4, -0.2) is 38.2 Å². The van der Waals surface area contributed by atoms with Crippen LogP contribution in [0.25, 0.3) is 0 Å². The summed E-state index contributed by atoms with van der Waals surface area (Å²) in [7, 11) is 3.10. The zero-order valence-electron chi connectivity index (χ0n) is 19.5. The molecule has 1 aliphatic heterocycles. The molecule has 3 aromatic rings. The molecule has 172 valence electrons. The summed E-state index contributed by atoms with van der Waals surface area (Å²) in [6.07, 6.45) is 0. The van der Waals surface area contributed by atoms with Crippen LogP contribution < -0.4 is 9.47 Å². The van der Waals surface area contributed by atoms with Crippen molar-refractivity contribution in [3.05, 3.63) is 95.6 Å². The third-order valence-electron chi connectivity index (χ3n) is 6.49. The Balaban J connectivity index is 1.60. The predicted octanol–water partition coefficient (Wildman–Crippen LogP) is 5.05. The van der Waals surface area contributed by atoms with Crippen LogP contribution in [0.5, 0.6) is 11.5 Å². The van der Waals surface area contributed by atoms with Gasteiger partial charge in [0.15, 0.2) is 11.5 Å². The fourth-order valence-corrected chi connectivity index (χ4v) is 4.73. The van der Waals surface area contributed by atoms with Crippen molar-refractivity contribution in [2.24, 2.45) is 5.41 Å². The van der Waals surface area contributed by atoms with Gasteiger partial charge in [-0.3, -0.25) is 9.69 Å². The van der Waals surface area contributed by atoms with Gasteiger partial charge in [-0.1, -0.05) is 66.7 Å². The Kier molecular flexibility index (Phi) is 6.99. The van der Waals surface area contributed by atoms with Crippen LogP contribution in [0.15, 0.2) is 78.9 Å². The smallest absolute Gasteiger partial charge is 0.313 e. The molecule has 2 atom stereocenters. The highest BCUT2D eigenvalue weighted by atomic mass is 16.5. The third-order valence-corrected chi connectivity index (χ3v) is 6.49. The largest absolute Gasteiger partial charge is 0.493 e. The van der Waals surface area contributed by atoms with E-state index in [0.717, 1.165) is 24.2 Å². The van der Waals surface area contributed by atoms with E-state index in [1.165, 1.54) is 12.7 Å². The standard InChI is InChI=1S/C28H31NO4/c1-28(27(30)32-3)20-29(17-21-10-6-4-7-11-21)18-24(28)23-14-15-25(31-2)26(16-23)33-19-22-12-8-5-9-13-22/h4-16,24H,17-20H2,1-3H3/t24-,28-/m1/s1. The number of hydrogen-bond donors (Lipinski definition) is 0. The van der Waals surface area contributed by atoms with Gasteiger partial charge in [-0.2, -0.15) is 0 Å². The monoisotopic (exact) mass is 445 g/mol. The van der Waals surface area contributed by atoms with Crippen LogP contribution in [0.4, 0.5) is 0 Å². The maximum Gasteiger partial charge on any atom is 0.313 e. The Morgan fingerprint density at radius 1 is 0.939 bits per heavy atom. The van der Waals surface area contributed by atoms with Crippen molar-refractivity contribution >= 4 is 5.97 Å². The van der Waals surface area contributed by atoms with Crippen molar-refractivity contribution < 1.29 is 19.0 Å². The van der Waals surface area contributed by atoms with E-state index in [9.17, 15) is 4.79 Å². The first-order valence-electron chi connectivity index (χ1n) is 11.2. The van der Waals surface area contributed by atoms with E-state index >= 15 is 0 Å². The molecule has 0 radical (unpaired) electrons. The van der Waals surface area contributed by atoms with Crippen LogP contribution in [0.1, 0.15) is 29.5 Å². The molecule has 1 heterocycles. The molecular weight excluding hydrogens is 414 g/mol. The molecular formula is C28H31NO4. The molecule has 0 saturated carbocycles. The van der Waals surface area contributed by atoms with E-state index in [4.69, 9.17) is 14.2 Å². The quantitative estimate of drug-likeness (QED) is 0.454. The van der Waals surface area contributed by atoms with E-state index in [1.807, 2.05) is 73.7 Å².